The summed E-state index contributed by atoms with van der Waals surface area (Å²) in [6, 6.07) is 20.0. The minimum absolute atomic E-state index is 0.264. The van der Waals surface area contributed by atoms with Gasteiger partial charge in [-0.1, -0.05) is 31.5 Å². The van der Waals surface area contributed by atoms with Crippen molar-refractivity contribution < 1.29 is 4.74 Å². The van der Waals surface area contributed by atoms with Gasteiger partial charge in [0.1, 0.15) is 5.75 Å². The van der Waals surface area contributed by atoms with Crippen LogP contribution < -0.4 is 10.3 Å². The molecule has 3 aromatic heterocycles. The number of aromatic nitrogens is 5. The van der Waals surface area contributed by atoms with Gasteiger partial charge in [0.15, 0.2) is 0 Å². The Bertz CT molecular complexity index is 1370. The minimum Gasteiger partial charge on any atom is -0.494 e. The number of benzene rings is 2. The lowest BCUT2D eigenvalue weighted by molar-refractivity contribution is 0.309. The van der Waals surface area contributed by atoms with Crippen LogP contribution in [-0.4, -0.2) is 32.2 Å². The number of nitrogens with zero attached hydrogens (tertiary/aromatic N) is 3. The largest absolute Gasteiger partial charge is 0.494 e. The van der Waals surface area contributed by atoms with E-state index < -0.39 is 0 Å². The van der Waals surface area contributed by atoms with Gasteiger partial charge in [0.05, 0.1) is 12.2 Å². The number of fused-ring (bicyclic) bond motifs is 1. The quantitative estimate of drug-likeness (QED) is 0.334. The number of thiophene rings is 1. The second kappa shape index (κ2) is 8.76. The van der Waals surface area contributed by atoms with Crippen molar-refractivity contribution in [2.45, 2.75) is 19.8 Å². The van der Waals surface area contributed by atoms with E-state index in [2.05, 4.69) is 50.7 Å². The second-order valence-electron chi connectivity index (χ2n) is 7.41. The van der Waals surface area contributed by atoms with Gasteiger partial charge in [-0.25, -0.2) is 0 Å². The zero-order chi connectivity index (χ0) is 21.9. The summed E-state index contributed by atoms with van der Waals surface area (Å²) in [5.74, 6) is 1.09. The lowest BCUT2D eigenvalue weighted by Gasteiger charge is -2.10. The van der Waals surface area contributed by atoms with Gasteiger partial charge in [-0.3, -0.25) is 4.79 Å². The number of aromatic amines is 2. The Morgan fingerprint density at radius 3 is 2.66 bits per heavy atom. The molecule has 0 saturated carbocycles. The number of rotatable bonds is 7. The van der Waals surface area contributed by atoms with E-state index >= 15 is 0 Å². The monoisotopic (exact) mass is 443 g/mol. The number of ether oxygens (including phenoxy) is 1. The Balaban J connectivity index is 1.60. The summed E-state index contributed by atoms with van der Waals surface area (Å²) in [5.41, 5.74) is 2.52. The van der Waals surface area contributed by atoms with Gasteiger partial charge in [0, 0.05) is 20.8 Å². The predicted octanol–water partition coefficient (Wildman–Crippen LogP) is 5.28. The molecular weight excluding hydrogens is 422 g/mol. The number of nitrogens with one attached hydrogen (secondary N) is 2. The maximum Gasteiger partial charge on any atom is 0.260 e. The third kappa shape index (κ3) is 3.92. The van der Waals surface area contributed by atoms with Gasteiger partial charge in [-0.2, -0.15) is 5.21 Å². The van der Waals surface area contributed by atoms with Crippen LogP contribution in [0.2, 0.25) is 0 Å². The Hall–Kier alpha value is -3.78. The van der Waals surface area contributed by atoms with Crippen LogP contribution in [0.4, 0.5) is 0 Å². The number of tetrazole rings is 1. The number of H-pyrrole nitrogens is 2. The zero-order valence-corrected chi connectivity index (χ0v) is 18.3. The maximum absolute atomic E-state index is 13.2. The van der Waals surface area contributed by atoms with Crippen LogP contribution >= 0.6 is 11.3 Å². The van der Waals surface area contributed by atoms with Crippen molar-refractivity contribution in [2.75, 3.05) is 6.61 Å². The lowest BCUT2D eigenvalue weighted by atomic mass is 10.0. The first-order valence-electron chi connectivity index (χ1n) is 10.5. The van der Waals surface area contributed by atoms with Crippen molar-refractivity contribution in [1.29, 1.82) is 0 Å². The SMILES string of the molecule is CCCCOc1ccc(-c2cc(-c3cc4ccccc4s3)c(-c3nn[nH]n3)c(=O)[nH]2)cc1. The Morgan fingerprint density at radius 2 is 1.91 bits per heavy atom. The third-order valence-corrected chi connectivity index (χ3v) is 6.37. The Kier molecular flexibility index (Phi) is 5.51. The van der Waals surface area contributed by atoms with Gasteiger partial charge in [0.2, 0.25) is 5.82 Å². The van der Waals surface area contributed by atoms with Crippen LogP contribution in [0.3, 0.4) is 0 Å². The molecular formula is C24H21N5O2S. The molecule has 5 aromatic rings. The molecule has 0 saturated heterocycles. The molecule has 0 atom stereocenters. The highest BCUT2D eigenvalue weighted by molar-refractivity contribution is 7.22. The molecule has 32 heavy (non-hydrogen) atoms. The first-order chi connectivity index (χ1) is 15.7. The molecule has 7 nitrogen and oxygen atoms in total. The Labute approximate surface area is 188 Å². The molecule has 8 heteroatoms. The summed E-state index contributed by atoms with van der Waals surface area (Å²) in [4.78, 5) is 17.1. The van der Waals surface area contributed by atoms with Gasteiger partial charge < -0.3 is 9.72 Å². The molecule has 0 aliphatic carbocycles. The first kappa shape index (κ1) is 20.1. The average Bonchev–Trinajstić information content (AvgIpc) is 3.49. The smallest absolute Gasteiger partial charge is 0.260 e. The summed E-state index contributed by atoms with van der Waals surface area (Å²) in [6.07, 6.45) is 2.11. The molecule has 0 amide bonds. The zero-order valence-electron chi connectivity index (χ0n) is 17.5. The number of hydrogen-bond donors (Lipinski definition) is 2. The molecule has 0 bridgehead atoms. The maximum atomic E-state index is 13.2. The predicted molar refractivity (Wildman–Crippen MR) is 127 cm³/mol. The summed E-state index contributed by atoms with van der Waals surface area (Å²) in [6.45, 7) is 2.83. The van der Waals surface area contributed by atoms with Crippen LogP contribution in [0, 0.1) is 0 Å². The van der Waals surface area contributed by atoms with Crippen LogP contribution in [0.15, 0.2) is 65.5 Å². The third-order valence-electron chi connectivity index (χ3n) is 5.23. The number of unbranched alkanes of at least 4 members (excludes halogenated alkanes) is 1. The number of hydrogen-bond acceptors (Lipinski definition) is 6. The average molecular weight is 444 g/mol. The van der Waals surface area contributed by atoms with Gasteiger partial charge in [-0.05, 0) is 65.0 Å². The summed E-state index contributed by atoms with van der Waals surface area (Å²) in [5, 5.41) is 15.3. The van der Waals surface area contributed by atoms with E-state index in [1.165, 1.54) is 0 Å². The van der Waals surface area contributed by atoms with Crippen molar-refractivity contribution in [1.82, 2.24) is 25.6 Å². The van der Waals surface area contributed by atoms with E-state index in [9.17, 15) is 4.79 Å². The normalized spacial score (nSPS) is 11.2. The van der Waals surface area contributed by atoms with Crippen molar-refractivity contribution >= 4 is 21.4 Å². The minimum atomic E-state index is -0.264. The molecule has 0 unspecified atom stereocenters. The summed E-state index contributed by atoms with van der Waals surface area (Å²) >= 11 is 1.63. The fourth-order valence-electron chi connectivity index (χ4n) is 3.58. The van der Waals surface area contributed by atoms with Crippen LogP contribution in [-0.2, 0) is 0 Å². The molecule has 3 heterocycles. The van der Waals surface area contributed by atoms with Crippen molar-refractivity contribution in [3.8, 4) is 38.8 Å². The topological polar surface area (TPSA) is 96.6 Å². The molecule has 160 valence electrons. The molecule has 5 rings (SSSR count). The van der Waals surface area contributed by atoms with E-state index in [0.29, 0.717) is 12.2 Å². The Morgan fingerprint density at radius 1 is 1.06 bits per heavy atom. The molecule has 0 radical (unpaired) electrons. The second-order valence-corrected chi connectivity index (χ2v) is 8.49. The molecule has 0 spiro atoms. The number of pyridine rings is 1. The van der Waals surface area contributed by atoms with E-state index in [1.54, 1.807) is 11.3 Å². The fraction of sp³-hybridized carbons (Fsp3) is 0.167. The highest BCUT2D eigenvalue weighted by atomic mass is 32.1. The van der Waals surface area contributed by atoms with E-state index in [1.807, 2.05) is 42.5 Å². The molecule has 2 aromatic carbocycles. The summed E-state index contributed by atoms with van der Waals surface area (Å²) < 4.78 is 6.91. The van der Waals surface area contributed by atoms with Crippen LogP contribution in [0.5, 0.6) is 5.75 Å². The van der Waals surface area contributed by atoms with E-state index in [-0.39, 0.29) is 11.4 Å². The molecule has 0 fully saturated rings. The van der Waals surface area contributed by atoms with Crippen molar-refractivity contribution in [2.24, 2.45) is 0 Å². The summed E-state index contributed by atoms with van der Waals surface area (Å²) in [7, 11) is 0. The van der Waals surface area contributed by atoms with Gasteiger partial charge in [-0.15, -0.1) is 21.5 Å². The van der Waals surface area contributed by atoms with Gasteiger partial charge >= 0.3 is 0 Å². The highest BCUT2D eigenvalue weighted by Crippen LogP contribution is 2.38. The lowest BCUT2D eigenvalue weighted by Crippen LogP contribution is -2.12. The van der Waals surface area contributed by atoms with Crippen LogP contribution in [0.1, 0.15) is 19.8 Å². The van der Waals surface area contributed by atoms with Crippen molar-refractivity contribution in [3.63, 3.8) is 0 Å². The highest BCUT2D eigenvalue weighted by Gasteiger charge is 2.19. The van der Waals surface area contributed by atoms with E-state index in [4.69, 9.17) is 4.74 Å². The van der Waals surface area contributed by atoms with Crippen LogP contribution in [0.25, 0.3) is 43.2 Å². The molecule has 2 N–H and O–H groups in total. The van der Waals surface area contributed by atoms with E-state index in [0.717, 1.165) is 50.4 Å². The first-order valence-corrected chi connectivity index (χ1v) is 11.3. The standard InChI is InChI=1S/C24H21N5O2S/c1-2-3-12-31-17-10-8-15(9-11-17)19-14-18(21-13-16-6-4-5-7-20(16)32-21)22(24(30)25-19)23-26-28-29-27-23/h4-11,13-14H,2-3,12H2,1H3,(H,25,30)(H,26,27,28,29). The molecule has 0 aliphatic heterocycles. The van der Waals surface area contributed by atoms with Crippen molar-refractivity contribution in [3.05, 3.63) is 71.0 Å². The fourth-order valence-corrected chi connectivity index (χ4v) is 4.66. The molecule has 0 aliphatic rings. The van der Waals surface area contributed by atoms with Gasteiger partial charge in [0.25, 0.3) is 5.56 Å².